The highest BCUT2D eigenvalue weighted by molar-refractivity contribution is 7.46. The number of ether oxygens (including phenoxy) is 1. The molecule has 0 unspecified atom stereocenters. The van der Waals surface area contributed by atoms with E-state index in [2.05, 4.69) is 16.8 Å². The van der Waals surface area contributed by atoms with E-state index in [4.69, 9.17) is 20.3 Å². The van der Waals surface area contributed by atoms with Gasteiger partial charge in [-0.25, -0.2) is 4.57 Å². The molecular weight excluding hydrogens is 395 g/mol. The second kappa shape index (κ2) is 10.0. The van der Waals surface area contributed by atoms with Gasteiger partial charge in [-0.2, -0.15) is 0 Å². The molecule has 8 nitrogen and oxygen atoms in total. The van der Waals surface area contributed by atoms with Crippen molar-refractivity contribution in [3.8, 4) is 16.9 Å². The number of hydrogen-bond donors (Lipinski definition) is 4. The summed E-state index contributed by atoms with van der Waals surface area (Å²) < 4.78 is 20.8. The monoisotopic (exact) mass is 422 g/mol. The lowest BCUT2D eigenvalue weighted by Crippen LogP contribution is -2.52. The van der Waals surface area contributed by atoms with Crippen molar-refractivity contribution in [3.05, 3.63) is 48.5 Å². The summed E-state index contributed by atoms with van der Waals surface area (Å²) in [5, 5.41) is 2.62. The summed E-state index contributed by atoms with van der Waals surface area (Å²) in [4.78, 5) is 29.8. The standard InChI is InChI=1S/C20H27N2O6P/c1-3-4-13-27-18-11-7-16(8-12-18)15-5-9-17(10-6-15)22-19(23)20(2,21)14-28-29(24,25)26/h5-12H,3-4,13-14,21H2,1-2H3,(H,22,23)(H2,24,25,26)/t20-/m0/s1. The molecule has 0 fully saturated rings. The number of nitrogens with two attached hydrogens (primary N) is 1. The topological polar surface area (TPSA) is 131 Å². The first-order valence-electron chi connectivity index (χ1n) is 9.24. The van der Waals surface area contributed by atoms with Crippen molar-refractivity contribution in [2.75, 3.05) is 18.5 Å². The van der Waals surface area contributed by atoms with Gasteiger partial charge in [-0.15, -0.1) is 0 Å². The van der Waals surface area contributed by atoms with Gasteiger partial charge in [0, 0.05) is 5.69 Å². The molecule has 0 spiro atoms. The van der Waals surface area contributed by atoms with E-state index in [1.54, 1.807) is 12.1 Å². The van der Waals surface area contributed by atoms with E-state index in [1.807, 2.05) is 36.4 Å². The van der Waals surface area contributed by atoms with Crippen LogP contribution in [0.25, 0.3) is 11.1 Å². The van der Waals surface area contributed by atoms with Crippen LogP contribution in [0, 0.1) is 0 Å². The zero-order valence-electron chi connectivity index (χ0n) is 16.5. The van der Waals surface area contributed by atoms with Gasteiger partial charge in [0.2, 0.25) is 5.91 Å². The average molecular weight is 422 g/mol. The van der Waals surface area contributed by atoms with Gasteiger partial charge in [-0.1, -0.05) is 37.6 Å². The number of carbonyl (C=O) groups excluding carboxylic acids is 1. The third kappa shape index (κ3) is 7.61. The molecule has 0 saturated heterocycles. The molecule has 0 saturated carbocycles. The second-order valence-corrected chi connectivity index (χ2v) is 8.18. The van der Waals surface area contributed by atoms with E-state index < -0.39 is 25.9 Å². The van der Waals surface area contributed by atoms with Crippen LogP contribution < -0.4 is 15.8 Å². The Morgan fingerprint density at radius 1 is 1.10 bits per heavy atom. The molecule has 9 heteroatoms. The number of anilines is 1. The van der Waals surface area contributed by atoms with Gasteiger partial charge in [0.15, 0.2) is 0 Å². The number of nitrogens with one attached hydrogen (secondary N) is 1. The molecule has 0 radical (unpaired) electrons. The van der Waals surface area contributed by atoms with Crippen LogP contribution in [0.15, 0.2) is 48.5 Å². The summed E-state index contributed by atoms with van der Waals surface area (Å²) in [5.41, 5.74) is 6.67. The highest BCUT2D eigenvalue weighted by atomic mass is 31.2. The Kier molecular flexibility index (Phi) is 7.96. The number of unbranched alkanes of at least 4 members (excludes halogenated alkanes) is 1. The molecule has 0 aliphatic heterocycles. The van der Waals surface area contributed by atoms with Gasteiger partial charge in [0.1, 0.15) is 11.3 Å². The first-order valence-corrected chi connectivity index (χ1v) is 10.8. The lowest BCUT2D eigenvalue weighted by molar-refractivity contribution is -0.121. The Balaban J connectivity index is 1.97. The summed E-state index contributed by atoms with van der Waals surface area (Å²) >= 11 is 0. The van der Waals surface area contributed by atoms with Crippen molar-refractivity contribution >= 4 is 19.4 Å². The van der Waals surface area contributed by atoms with Gasteiger partial charge in [-0.3, -0.25) is 9.32 Å². The Labute approximate surface area is 170 Å². The molecule has 0 aromatic heterocycles. The largest absolute Gasteiger partial charge is 0.494 e. The molecule has 2 aromatic carbocycles. The minimum atomic E-state index is -4.71. The van der Waals surface area contributed by atoms with E-state index in [0.717, 1.165) is 29.7 Å². The van der Waals surface area contributed by atoms with Gasteiger partial charge >= 0.3 is 7.82 Å². The molecule has 1 atom stereocenters. The molecule has 1 amide bonds. The van der Waals surface area contributed by atoms with Crippen LogP contribution in [0.4, 0.5) is 5.69 Å². The third-order valence-corrected chi connectivity index (χ3v) is 4.61. The lowest BCUT2D eigenvalue weighted by atomic mass is 10.0. The van der Waals surface area contributed by atoms with Gasteiger partial charge in [-0.05, 0) is 48.7 Å². The number of carbonyl (C=O) groups is 1. The number of benzene rings is 2. The summed E-state index contributed by atoms with van der Waals surface area (Å²) in [7, 11) is -4.71. The molecule has 0 heterocycles. The Morgan fingerprint density at radius 2 is 1.66 bits per heavy atom. The maximum Gasteiger partial charge on any atom is 0.469 e. The number of phosphoric acid groups is 1. The molecular formula is C20H27N2O6P. The molecule has 5 N–H and O–H groups in total. The quantitative estimate of drug-likeness (QED) is 0.341. The first kappa shape index (κ1) is 23.1. The maximum absolute atomic E-state index is 12.3. The number of phosphoric ester groups is 1. The lowest BCUT2D eigenvalue weighted by Gasteiger charge is -2.23. The fourth-order valence-corrected chi connectivity index (χ4v) is 2.82. The van der Waals surface area contributed by atoms with E-state index in [-0.39, 0.29) is 0 Å². The summed E-state index contributed by atoms with van der Waals surface area (Å²) in [5.74, 6) is 0.207. The highest BCUT2D eigenvalue weighted by Crippen LogP contribution is 2.36. The fraction of sp³-hybridized carbons (Fsp3) is 0.350. The van der Waals surface area contributed by atoms with Crippen molar-refractivity contribution in [2.24, 2.45) is 5.73 Å². The average Bonchev–Trinajstić information content (AvgIpc) is 2.67. The van der Waals surface area contributed by atoms with Crippen molar-refractivity contribution < 1.29 is 28.4 Å². The van der Waals surface area contributed by atoms with Crippen LogP contribution in [0.2, 0.25) is 0 Å². The molecule has 0 aliphatic carbocycles. The predicted molar refractivity (Wildman–Crippen MR) is 111 cm³/mol. The molecule has 0 aliphatic rings. The van der Waals surface area contributed by atoms with Crippen LogP contribution >= 0.6 is 7.82 Å². The Morgan fingerprint density at radius 3 is 2.17 bits per heavy atom. The molecule has 2 aromatic rings. The summed E-state index contributed by atoms with van der Waals surface area (Å²) in [6.07, 6.45) is 2.10. The summed E-state index contributed by atoms with van der Waals surface area (Å²) in [6, 6.07) is 14.9. The van der Waals surface area contributed by atoms with E-state index in [9.17, 15) is 9.36 Å². The normalized spacial score (nSPS) is 13.6. The first-order chi connectivity index (χ1) is 13.6. The zero-order valence-corrected chi connectivity index (χ0v) is 17.4. The van der Waals surface area contributed by atoms with Crippen LogP contribution in [-0.2, 0) is 13.9 Å². The van der Waals surface area contributed by atoms with Crippen LogP contribution in [0.1, 0.15) is 26.7 Å². The smallest absolute Gasteiger partial charge is 0.469 e. The Bertz CT molecular complexity index is 846. The van der Waals surface area contributed by atoms with Crippen molar-refractivity contribution in [1.82, 2.24) is 0 Å². The number of rotatable bonds is 10. The number of hydrogen-bond acceptors (Lipinski definition) is 5. The molecule has 158 valence electrons. The number of amides is 1. The maximum atomic E-state index is 12.3. The zero-order chi connectivity index (χ0) is 21.5. The Hall–Kier alpha value is -2.22. The predicted octanol–water partition coefficient (Wildman–Crippen LogP) is 3.30. The second-order valence-electron chi connectivity index (χ2n) is 6.94. The van der Waals surface area contributed by atoms with Crippen molar-refractivity contribution in [3.63, 3.8) is 0 Å². The van der Waals surface area contributed by atoms with Crippen LogP contribution in [-0.4, -0.2) is 34.4 Å². The summed E-state index contributed by atoms with van der Waals surface area (Å²) in [6.45, 7) is 3.52. The van der Waals surface area contributed by atoms with Crippen LogP contribution in [0.3, 0.4) is 0 Å². The minimum Gasteiger partial charge on any atom is -0.494 e. The highest BCUT2D eigenvalue weighted by Gasteiger charge is 2.32. The van der Waals surface area contributed by atoms with Crippen molar-refractivity contribution in [1.29, 1.82) is 0 Å². The van der Waals surface area contributed by atoms with E-state index in [1.165, 1.54) is 6.92 Å². The molecule has 0 bridgehead atoms. The molecule has 2 rings (SSSR count). The molecule has 29 heavy (non-hydrogen) atoms. The van der Waals surface area contributed by atoms with E-state index in [0.29, 0.717) is 12.3 Å². The van der Waals surface area contributed by atoms with Crippen LogP contribution in [0.5, 0.6) is 5.75 Å². The van der Waals surface area contributed by atoms with Gasteiger partial charge in [0.25, 0.3) is 0 Å². The van der Waals surface area contributed by atoms with Gasteiger partial charge < -0.3 is 25.6 Å². The van der Waals surface area contributed by atoms with Gasteiger partial charge in [0.05, 0.1) is 13.2 Å². The van der Waals surface area contributed by atoms with Crippen molar-refractivity contribution in [2.45, 2.75) is 32.2 Å². The third-order valence-electron chi connectivity index (χ3n) is 4.15. The fourth-order valence-electron chi connectivity index (χ4n) is 2.38. The minimum absolute atomic E-state index is 0.506. The van der Waals surface area contributed by atoms with E-state index >= 15 is 0 Å². The SMILES string of the molecule is CCCCOc1ccc(-c2ccc(NC(=O)[C@@](C)(N)COP(=O)(O)O)cc2)cc1.